The topological polar surface area (TPSA) is 72.2 Å². The van der Waals surface area contributed by atoms with Crippen molar-refractivity contribution in [2.24, 2.45) is 0 Å². The van der Waals surface area contributed by atoms with Gasteiger partial charge in [-0.2, -0.15) is 0 Å². The van der Waals surface area contributed by atoms with Crippen LogP contribution in [0.2, 0.25) is 0 Å². The Morgan fingerprint density at radius 1 is 1.09 bits per heavy atom. The summed E-state index contributed by atoms with van der Waals surface area (Å²) in [6.07, 6.45) is 3.82. The van der Waals surface area contributed by atoms with Crippen LogP contribution in [0.15, 0.2) is 12.4 Å². The maximum absolute atomic E-state index is 5.17. The van der Waals surface area contributed by atoms with Crippen molar-refractivity contribution in [2.75, 3.05) is 38.2 Å². The SMILES string of the molecule is COc1cc(N2CCN(Cc3nnc4n3CCC4)CC2)ncn1. The van der Waals surface area contributed by atoms with Crippen LogP contribution in [0.1, 0.15) is 18.1 Å². The molecule has 1 saturated heterocycles. The molecule has 4 heterocycles. The minimum Gasteiger partial charge on any atom is -0.481 e. The second kappa shape index (κ2) is 6.11. The van der Waals surface area contributed by atoms with Crippen LogP contribution in [0.4, 0.5) is 5.82 Å². The number of piperazine rings is 1. The number of aryl methyl sites for hydroxylation is 1. The van der Waals surface area contributed by atoms with E-state index in [1.807, 2.05) is 6.07 Å². The summed E-state index contributed by atoms with van der Waals surface area (Å²) in [6, 6.07) is 1.89. The smallest absolute Gasteiger partial charge is 0.218 e. The first kappa shape index (κ1) is 14.4. The van der Waals surface area contributed by atoms with E-state index in [1.54, 1.807) is 13.4 Å². The number of anilines is 1. The first-order chi connectivity index (χ1) is 11.3. The summed E-state index contributed by atoms with van der Waals surface area (Å²) < 4.78 is 7.45. The molecule has 0 radical (unpaired) electrons. The van der Waals surface area contributed by atoms with Crippen LogP contribution in [0, 0.1) is 0 Å². The average molecular weight is 315 g/mol. The van der Waals surface area contributed by atoms with E-state index in [1.165, 1.54) is 6.42 Å². The van der Waals surface area contributed by atoms with E-state index in [-0.39, 0.29) is 0 Å². The van der Waals surface area contributed by atoms with Crippen LogP contribution >= 0.6 is 0 Å². The zero-order valence-corrected chi connectivity index (χ0v) is 13.4. The lowest BCUT2D eigenvalue weighted by molar-refractivity contribution is 0.240. The second-order valence-corrected chi connectivity index (χ2v) is 5.97. The van der Waals surface area contributed by atoms with Gasteiger partial charge in [-0.15, -0.1) is 10.2 Å². The van der Waals surface area contributed by atoms with Gasteiger partial charge in [-0.3, -0.25) is 4.90 Å². The lowest BCUT2D eigenvalue weighted by Gasteiger charge is -2.35. The van der Waals surface area contributed by atoms with E-state index in [4.69, 9.17) is 4.74 Å². The summed E-state index contributed by atoms with van der Waals surface area (Å²) >= 11 is 0. The van der Waals surface area contributed by atoms with E-state index in [2.05, 4.69) is 34.5 Å². The van der Waals surface area contributed by atoms with Gasteiger partial charge in [0.1, 0.15) is 23.8 Å². The van der Waals surface area contributed by atoms with Crippen molar-refractivity contribution >= 4 is 5.82 Å². The zero-order chi connectivity index (χ0) is 15.6. The van der Waals surface area contributed by atoms with Crippen LogP contribution in [-0.4, -0.2) is 62.9 Å². The number of fused-ring (bicyclic) bond motifs is 1. The van der Waals surface area contributed by atoms with Crippen LogP contribution in [0.3, 0.4) is 0 Å². The molecule has 2 aromatic heterocycles. The van der Waals surface area contributed by atoms with Gasteiger partial charge < -0.3 is 14.2 Å². The molecule has 122 valence electrons. The standard InChI is InChI=1S/C15H21N7O/c1-23-15-9-13(16-11-17-15)21-7-5-20(6-8-21)10-14-19-18-12-3-2-4-22(12)14/h9,11H,2-8,10H2,1H3. The third-order valence-electron chi connectivity index (χ3n) is 4.58. The van der Waals surface area contributed by atoms with E-state index < -0.39 is 0 Å². The minimum absolute atomic E-state index is 0.608. The van der Waals surface area contributed by atoms with Gasteiger partial charge in [0.15, 0.2) is 0 Å². The molecule has 2 aromatic rings. The Labute approximate surface area is 135 Å². The highest BCUT2D eigenvalue weighted by molar-refractivity contribution is 5.41. The van der Waals surface area contributed by atoms with Crippen molar-refractivity contribution in [1.29, 1.82) is 0 Å². The highest BCUT2D eigenvalue weighted by Crippen LogP contribution is 2.19. The van der Waals surface area contributed by atoms with E-state index in [0.29, 0.717) is 5.88 Å². The monoisotopic (exact) mass is 315 g/mol. The van der Waals surface area contributed by atoms with Gasteiger partial charge in [-0.1, -0.05) is 0 Å². The second-order valence-electron chi connectivity index (χ2n) is 5.97. The molecule has 0 saturated carbocycles. The number of ether oxygens (including phenoxy) is 1. The van der Waals surface area contributed by atoms with Gasteiger partial charge in [-0.25, -0.2) is 9.97 Å². The van der Waals surface area contributed by atoms with Gasteiger partial charge in [0.2, 0.25) is 5.88 Å². The van der Waals surface area contributed by atoms with E-state index >= 15 is 0 Å². The molecule has 8 nitrogen and oxygen atoms in total. The molecular weight excluding hydrogens is 294 g/mol. The average Bonchev–Trinajstić information content (AvgIpc) is 3.21. The van der Waals surface area contributed by atoms with Gasteiger partial charge in [0.05, 0.1) is 13.7 Å². The van der Waals surface area contributed by atoms with Crippen molar-refractivity contribution in [1.82, 2.24) is 29.6 Å². The van der Waals surface area contributed by atoms with Crippen LogP contribution in [-0.2, 0) is 19.5 Å². The molecule has 4 rings (SSSR count). The summed E-state index contributed by atoms with van der Waals surface area (Å²) in [5.41, 5.74) is 0. The largest absolute Gasteiger partial charge is 0.481 e. The van der Waals surface area contributed by atoms with Crippen LogP contribution < -0.4 is 9.64 Å². The van der Waals surface area contributed by atoms with Gasteiger partial charge in [-0.05, 0) is 6.42 Å². The zero-order valence-electron chi connectivity index (χ0n) is 13.4. The lowest BCUT2D eigenvalue weighted by atomic mass is 10.3. The molecule has 0 bridgehead atoms. The van der Waals surface area contributed by atoms with Crippen LogP contribution in [0.5, 0.6) is 5.88 Å². The fourth-order valence-corrected chi connectivity index (χ4v) is 3.28. The summed E-state index contributed by atoms with van der Waals surface area (Å²) in [4.78, 5) is 13.1. The lowest BCUT2D eigenvalue weighted by Crippen LogP contribution is -2.46. The highest BCUT2D eigenvalue weighted by Gasteiger charge is 2.22. The Morgan fingerprint density at radius 2 is 1.96 bits per heavy atom. The maximum atomic E-state index is 5.17. The Kier molecular flexibility index (Phi) is 3.82. The number of nitrogens with zero attached hydrogens (tertiary/aromatic N) is 7. The highest BCUT2D eigenvalue weighted by atomic mass is 16.5. The molecule has 0 amide bonds. The summed E-state index contributed by atoms with van der Waals surface area (Å²) in [5.74, 6) is 3.79. The predicted octanol–water partition coefficient (Wildman–Crippen LogP) is 0.345. The van der Waals surface area contributed by atoms with E-state index in [0.717, 1.165) is 63.2 Å². The number of hydrogen-bond donors (Lipinski definition) is 0. The maximum Gasteiger partial charge on any atom is 0.218 e. The Balaban J connectivity index is 1.37. The molecule has 0 spiro atoms. The normalized spacial score (nSPS) is 18.2. The number of rotatable bonds is 4. The van der Waals surface area contributed by atoms with Crippen molar-refractivity contribution in [2.45, 2.75) is 25.9 Å². The molecule has 0 aromatic carbocycles. The number of methoxy groups -OCH3 is 1. The molecule has 0 atom stereocenters. The molecule has 23 heavy (non-hydrogen) atoms. The molecule has 2 aliphatic rings. The molecule has 0 N–H and O–H groups in total. The molecule has 8 heteroatoms. The number of hydrogen-bond acceptors (Lipinski definition) is 7. The predicted molar refractivity (Wildman–Crippen MR) is 84.4 cm³/mol. The molecule has 1 fully saturated rings. The van der Waals surface area contributed by atoms with Gasteiger partial charge >= 0.3 is 0 Å². The fourth-order valence-electron chi connectivity index (χ4n) is 3.28. The quantitative estimate of drug-likeness (QED) is 0.806. The van der Waals surface area contributed by atoms with Crippen molar-refractivity contribution in [3.8, 4) is 5.88 Å². The summed E-state index contributed by atoms with van der Waals surface area (Å²) in [5, 5.41) is 8.64. The Hall–Kier alpha value is -2.22. The molecule has 2 aliphatic heterocycles. The van der Waals surface area contributed by atoms with Gasteiger partial charge in [0.25, 0.3) is 0 Å². The molecule has 0 aliphatic carbocycles. The fraction of sp³-hybridized carbons (Fsp3) is 0.600. The first-order valence-electron chi connectivity index (χ1n) is 8.08. The third kappa shape index (κ3) is 2.86. The van der Waals surface area contributed by atoms with Crippen molar-refractivity contribution in [3.05, 3.63) is 24.0 Å². The summed E-state index contributed by atoms with van der Waals surface area (Å²) in [6.45, 7) is 5.83. The minimum atomic E-state index is 0.608. The summed E-state index contributed by atoms with van der Waals surface area (Å²) in [7, 11) is 1.63. The Morgan fingerprint density at radius 3 is 2.78 bits per heavy atom. The van der Waals surface area contributed by atoms with Gasteiger partial charge in [0, 0.05) is 45.2 Å². The van der Waals surface area contributed by atoms with Crippen molar-refractivity contribution < 1.29 is 4.74 Å². The number of aromatic nitrogens is 5. The third-order valence-corrected chi connectivity index (χ3v) is 4.58. The first-order valence-corrected chi connectivity index (χ1v) is 8.08. The molecular formula is C15H21N7O. The molecule has 0 unspecified atom stereocenters. The Bertz CT molecular complexity index is 678. The van der Waals surface area contributed by atoms with Crippen molar-refractivity contribution in [3.63, 3.8) is 0 Å². The van der Waals surface area contributed by atoms with E-state index in [9.17, 15) is 0 Å². The van der Waals surface area contributed by atoms with Crippen LogP contribution in [0.25, 0.3) is 0 Å².